The summed E-state index contributed by atoms with van der Waals surface area (Å²) in [7, 11) is 0. The van der Waals surface area contributed by atoms with Crippen molar-refractivity contribution in [2.24, 2.45) is 0 Å². The van der Waals surface area contributed by atoms with Crippen LogP contribution in [0.3, 0.4) is 0 Å². The maximum absolute atomic E-state index is 6.37. The van der Waals surface area contributed by atoms with Crippen LogP contribution in [0, 0.1) is 0 Å². The van der Waals surface area contributed by atoms with E-state index >= 15 is 0 Å². The van der Waals surface area contributed by atoms with Crippen LogP contribution in [0.25, 0.3) is 0 Å². The van der Waals surface area contributed by atoms with Crippen molar-refractivity contribution in [3.63, 3.8) is 0 Å². The molecule has 2 fully saturated rings. The van der Waals surface area contributed by atoms with E-state index in [0.717, 1.165) is 18.2 Å². The molecule has 2 saturated heterocycles. The minimum Gasteiger partial charge on any atom is -0.435 e. The summed E-state index contributed by atoms with van der Waals surface area (Å²) in [5.74, 6) is 2.23. The Morgan fingerprint density at radius 1 is 1.05 bits per heavy atom. The molecule has 1 aromatic carbocycles. The van der Waals surface area contributed by atoms with Crippen molar-refractivity contribution in [2.75, 3.05) is 6.61 Å². The van der Waals surface area contributed by atoms with Crippen molar-refractivity contribution in [1.82, 2.24) is 0 Å². The topological polar surface area (TPSA) is 9.23 Å². The van der Waals surface area contributed by atoms with Gasteiger partial charge in [0.2, 0.25) is 0 Å². The quantitative estimate of drug-likeness (QED) is 0.696. The summed E-state index contributed by atoms with van der Waals surface area (Å²) < 4.78 is 6.37. The van der Waals surface area contributed by atoms with Crippen molar-refractivity contribution >= 4 is 6.92 Å². The number of hydrogen-bond donors (Lipinski definition) is 0. The Balaban J connectivity index is 1.57. The van der Waals surface area contributed by atoms with E-state index in [4.69, 9.17) is 4.65 Å². The van der Waals surface area contributed by atoms with Gasteiger partial charge in [-0.05, 0) is 17.2 Å². The molecule has 2 bridgehead atoms. The van der Waals surface area contributed by atoms with E-state index in [0.29, 0.717) is 12.8 Å². The van der Waals surface area contributed by atoms with Crippen molar-refractivity contribution in [2.45, 2.75) is 63.0 Å². The smallest absolute Gasteiger partial charge is 0.299 e. The molecule has 0 aliphatic carbocycles. The summed E-state index contributed by atoms with van der Waals surface area (Å²) in [5.41, 5.74) is 1.41. The summed E-state index contributed by atoms with van der Waals surface area (Å²) in [6.45, 7) is 3.74. The second-order valence-electron chi connectivity index (χ2n) is 6.49. The van der Waals surface area contributed by atoms with Gasteiger partial charge in [0.1, 0.15) is 0 Å². The van der Waals surface area contributed by atoms with E-state index in [-0.39, 0.29) is 0 Å². The first-order chi connectivity index (χ1) is 9.34. The number of fused-ring (bicyclic) bond motifs is 2. The Labute approximate surface area is 117 Å². The third-order valence-corrected chi connectivity index (χ3v) is 5.14. The van der Waals surface area contributed by atoms with Gasteiger partial charge in [-0.2, -0.15) is 0 Å². The maximum atomic E-state index is 6.37. The van der Waals surface area contributed by atoms with Gasteiger partial charge in [0.25, 0.3) is 6.92 Å². The second-order valence-corrected chi connectivity index (χ2v) is 6.49. The lowest BCUT2D eigenvalue weighted by molar-refractivity contribution is 0.253. The van der Waals surface area contributed by atoms with Crippen molar-refractivity contribution < 1.29 is 4.65 Å². The highest BCUT2D eigenvalue weighted by atomic mass is 16.4. The summed E-state index contributed by atoms with van der Waals surface area (Å²) in [6.07, 6.45) is 8.48. The molecule has 102 valence electrons. The van der Waals surface area contributed by atoms with Gasteiger partial charge in [0.15, 0.2) is 0 Å². The molecule has 2 aliphatic rings. The number of hydrogen-bond acceptors (Lipinski definition) is 1. The molecular weight excluding hydrogens is 231 g/mol. The molecule has 2 aliphatic heterocycles. The van der Waals surface area contributed by atoms with Crippen molar-refractivity contribution in [3.05, 3.63) is 35.9 Å². The molecule has 0 N–H and O–H groups in total. The first-order valence-electron chi connectivity index (χ1n) is 8.01. The number of benzene rings is 1. The first kappa shape index (κ1) is 13.2. The Hall–Kier alpha value is -0.755. The predicted octanol–water partition coefficient (Wildman–Crippen LogP) is 4.91. The van der Waals surface area contributed by atoms with Crippen LogP contribution < -0.4 is 0 Å². The van der Waals surface area contributed by atoms with Crippen LogP contribution in [0.4, 0.5) is 0 Å². The van der Waals surface area contributed by atoms with E-state index in [1.807, 2.05) is 0 Å². The van der Waals surface area contributed by atoms with Crippen LogP contribution >= 0.6 is 0 Å². The average Bonchev–Trinajstić information content (AvgIpc) is 2.45. The SMILES string of the molecule is CC(COB1C2CCCC1CCC2)c1ccccc1. The van der Waals surface area contributed by atoms with Crippen LogP contribution in [-0.4, -0.2) is 13.5 Å². The van der Waals surface area contributed by atoms with E-state index in [1.54, 1.807) is 0 Å². The third-order valence-electron chi connectivity index (χ3n) is 5.14. The standard InChI is InChI=1S/C17H25BO/c1-14(15-7-3-2-4-8-15)13-19-18-16-9-5-10-17(18)12-6-11-16/h2-4,7-8,14,16-17H,5-6,9-13H2,1H3. The molecule has 0 radical (unpaired) electrons. The largest absolute Gasteiger partial charge is 0.435 e. The molecule has 0 spiro atoms. The Morgan fingerprint density at radius 3 is 2.21 bits per heavy atom. The lowest BCUT2D eigenvalue weighted by Gasteiger charge is -2.39. The van der Waals surface area contributed by atoms with E-state index in [2.05, 4.69) is 37.3 Å². The minimum absolute atomic E-state index is 0.517. The highest BCUT2D eigenvalue weighted by Crippen LogP contribution is 2.46. The van der Waals surface area contributed by atoms with Gasteiger partial charge in [0, 0.05) is 12.5 Å². The zero-order valence-electron chi connectivity index (χ0n) is 12.1. The highest BCUT2D eigenvalue weighted by molar-refractivity contribution is 6.56. The minimum atomic E-state index is 0.517. The van der Waals surface area contributed by atoms with Gasteiger partial charge >= 0.3 is 0 Å². The van der Waals surface area contributed by atoms with Crippen molar-refractivity contribution in [3.8, 4) is 0 Å². The normalized spacial score (nSPS) is 28.2. The fourth-order valence-corrected chi connectivity index (χ4v) is 4.02. The Kier molecular flexibility index (Phi) is 4.27. The molecule has 0 saturated carbocycles. The predicted molar refractivity (Wildman–Crippen MR) is 81.8 cm³/mol. The number of rotatable bonds is 4. The van der Waals surface area contributed by atoms with Gasteiger partial charge in [-0.25, -0.2) is 0 Å². The van der Waals surface area contributed by atoms with Gasteiger partial charge < -0.3 is 4.65 Å². The molecule has 2 heteroatoms. The monoisotopic (exact) mass is 256 g/mol. The van der Waals surface area contributed by atoms with Gasteiger partial charge in [-0.15, -0.1) is 0 Å². The van der Waals surface area contributed by atoms with Crippen LogP contribution in [-0.2, 0) is 4.65 Å². The second kappa shape index (κ2) is 6.13. The average molecular weight is 256 g/mol. The van der Waals surface area contributed by atoms with Gasteiger partial charge in [-0.3, -0.25) is 0 Å². The molecule has 3 rings (SSSR count). The molecule has 0 amide bonds. The van der Waals surface area contributed by atoms with Crippen molar-refractivity contribution in [1.29, 1.82) is 0 Å². The van der Waals surface area contributed by atoms with Gasteiger partial charge in [0.05, 0.1) is 0 Å². The molecule has 0 aromatic heterocycles. The van der Waals surface area contributed by atoms with E-state index in [1.165, 1.54) is 44.1 Å². The summed E-state index contributed by atoms with van der Waals surface area (Å²) >= 11 is 0. The molecule has 1 nitrogen and oxygen atoms in total. The first-order valence-corrected chi connectivity index (χ1v) is 8.01. The molecule has 19 heavy (non-hydrogen) atoms. The molecule has 2 heterocycles. The van der Waals surface area contributed by atoms with Crippen LogP contribution in [0.15, 0.2) is 30.3 Å². The van der Waals surface area contributed by atoms with E-state index < -0.39 is 0 Å². The third kappa shape index (κ3) is 3.05. The molecular formula is C17H25BO. The zero-order valence-corrected chi connectivity index (χ0v) is 12.1. The van der Waals surface area contributed by atoms with Crippen LogP contribution in [0.2, 0.25) is 11.6 Å². The highest BCUT2D eigenvalue weighted by Gasteiger charge is 2.41. The maximum Gasteiger partial charge on any atom is 0.299 e. The molecule has 1 unspecified atom stereocenters. The Morgan fingerprint density at radius 2 is 1.63 bits per heavy atom. The fourth-order valence-electron chi connectivity index (χ4n) is 4.02. The van der Waals surface area contributed by atoms with Crippen LogP contribution in [0.5, 0.6) is 0 Å². The summed E-state index contributed by atoms with van der Waals surface area (Å²) in [4.78, 5) is 0. The van der Waals surface area contributed by atoms with Crippen LogP contribution in [0.1, 0.15) is 56.9 Å². The lowest BCUT2D eigenvalue weighted by Crippen LogP contribution is -2.38. The summed E-state index contributed by atoms with van der Waals surface area (Å²) in [6, 6.07) is 10.8. The molecule has 1 aromatic rings. The van der Waals surface area contributed by atoms with E-state index in [9.17, 15) is 0 Å². The van der Waals surface area contributed by atoms with Gasteiger partial charge in [-0.1, -0.05) is 75.8 Å². The molecule has 1 atom stereocenters. The lowest BCUT2D eigenvalue weighted by atomic mass is 9.38. The fraction of sp³-hybridized carbons (Fsp3) is 0.647. The summed E-state index contributed by atoms with van der Waals surface area (Å²) in [5, 5.41) is 0. The Bertz CT molecular complexity index is 370. The zero-order chi connectivity index (χ0) is 13.1.